The average Bonchev–Trinajstić information content (AvgIpc) is 2.55. The molecule has 0 saturated carbocycles. The highest BCUT2D eigenvalue weighted by Crippen LogP contribution is 2.16. The zero-order valence-electron chi connectivity index (χ0n) is 12.0. The Balaban J connectivity index is 1.79. The van der Waals surface area contributed by atoms with Crippen molar-refractivity contribution in [3.05, 3.63) is 57.7 Å². The molecule has 0 bridgehead atoms. The van der Waals surface area contributed by atoms with Gasteiger partial charge in [0.2, 0.25) is 0 Å². The van der Waals surface area contributed by atoms with E-state index in [2.05, 4.69) is 33.1 Å². The van der Waals surface area contributed by atoms with Crippen molar-refractivity contribution in [1.82, 2.24) is 5.43 Å². The monoisotopic (exact) mass is 410 g/mol. The van der Waals surface area contributed by atoms with E-state index in [9.17, 15) is 4.79 Å². The number of methoxy groups -OCH3 is 1. The van der Waals surface area contributed by atoms with Gasteiger partial charge in [0.15, 0.2) is 6.61 Å². The molecule has 114 valence electrons. The summed E-state index contributed by atoms with van der Waals surface area (Å²) in [6.07, 6.45) is 1.60. The van der Waals surface area contributed by atoms with Crippen molar-refractivity contribution in [2.75, 3.05) is 13.7 Å². The van der Waals surface area contributed by atoms with Gasteiger partial charge in [-0.25, -0.2) is 5.43 Å². The number of benzene rings is 2. The van der Waals surface area contributed by atoms with Crippen molar-refractivity contribution in [2.24, 2.45) is 5.10 Å². The van der Waals surface area contributed by atoms with Gasteiger partial charge < -0.3 is 9.47 Å². The minimum Gasteiger partial charge on any atom is -0.497 e. The van der Waals surface area contributed by atoms with Gasteiger partial charge in [-0.15, -0.1) is 0 Å². The van der Waals surface area contributed by atoms with E-state index in [4.69, 9.17) is 9.47 Å². The number of amides is 1. The third-order valence-electron chi connectivity index (χ3n) is 2.73. The second-order valence-electron chi connectivity index (χ2n) is 4.28. The highest BCUT2D eigenvalue weighted by atomic mass is 127. The van der Waals surface area contributed by atoms with Gasteiger partial charge in [-0.05, 0) is 52.9 Å². The van der Waals surface area contributed by atoms with Gasteiger partial charge in [-0.1, -0.05) is 18.2 Å². The summed E-state index contributed by atoms with van der Waals surface area (Å²) in [5.74, 6) is 1.01. The fourth-order valence-electron chi connectivity index (χ4n) is 1.61. The molecular formula is C16H15IN2O3. The molecule has 0 aliphatic heterocycles. The van der Waals surface area contributed by atoms with Crippen LogP contribution in [-0.4, -0.2) is 25.8 Å². The predicted octanol–water partition coefficient (Wildman–Crippen LogP) is 2.83. The molecule has 0 spiro atoms. The maximum atomic E-state index is 11.6. The van der Waals surface area contributed by atoms with Gasteiger partial charge in [0.05, 0.1) is 13.3 Å². The van der Waals surface area contributed by atoms with Crippen LogP contribution in [0.1, 0.15) is 5.56 Å². The first-order valence-corrected chi connectivity index (χ1v) is 7.60. The third kappa shape index (κ3) is 5.03. The summed E-state index contributed by atoms with van der Waals surface area (Å²) < 4.78 is 11.5. The van der Waals surface area contributed by atoms with Crippen LogP contribution in [-0.2, 0) is 4.79 Å². The smallest absolute Gasteiger partial charge is 0.277 e. The topological polar surface area (TPSA) is 59.9 Å². The number of ether oxygens (including phenoxy) is 2. The van der Waals surface area contributed by atoms with Crippen LogP contribution in [0.5, 0.6) is 11.5 Å². The largest absolute Gasteiger partial charge is 0.497 e. The molecule has 22 heavy (non-hydrogen) atoms. The SMILES string of the molecule is COc1ccc(OCC(=O)N/N=C/c2ccccc2I)cc1. The number of carbonyl (C=O) groups excluding carboxylic acids is 1. The van der Waals surface area contributed by atoms with E-state index < -0.39 is 0 Å². The van der Waals surface area contributed by atoms with Crippen molar-refractivity contribution in [3.63, 3.8) is 0 Å². The van der Waals surface area contributed by atoms with Gasteiger partial charge in [0.1, 0.15) is 11.5 Å². The number of nitrogens with zero attached hydrogens (tertiary/aromatic N) is 1. The second kappa shape index (κ2) is 8.38. The highest BCUT2D eigenvalue weighted by Gasteiger charge is 2.02. The summed E-state index contributed by atoms with van der Waals surface area (Å²) in [6.45, 7) is -0.102. The van der Waals surface area contributed by atoms with E-state index >= 15 is 0 Å². The quantitative estimate of drug-likeness (QED) is 0.453. The van der Waals surface area contributed by atoms with Crippen LogP contribution in [0.2, 0.25) is 0 Å². The molecule has 0 aliphatic carbocycles. The van der Waals surface area contributed by atoms with Crippen LogP contribution in [0.3, 0.4) is 0 Å². The zero-order chi connectivity index (χ0) is 15.8. The van der Waals surface area contributed by atoms with Crippen LogP contribution in [0.4, 0.5) is 0 Å². The maximum Gasteiger partial charge on any atom is 0.277 e. The summed E-state index contributed by atoms with van der Waals surface area (Å²) in [7, 11) is 1.59. The summed E-state index contributed by atoms with van der Waals surface area (Å²) in [6, 6.07) is 14.8. The Morgan fingerprint density at radius 2 is 1.86 bits per heavy atom. The molecule has 1 N–H and O–H groups in total. The molecule has 2 rings (SSSR count). The standard InChI is InChI=1S/C16H15IN2O3/c1-21-13-6-8-14(9-7-13)22-11-16(20)19-18-10-12-4-2-3-5-15(12)17/h2-10H,11H2,1H3,(H,19,20)/b18-10+. The molecule has 0 saturated heterocycles. The lowest BCUT2D eigenvalue weighted by atomic mass is 10.2. The lowest BCUT2D eigenvalue weighted by Crippen LogP contribution is -2.24. The first kappa shape index (κ1) is 16.3. The molecule has 0 radical (unpaired) electrons. The number of hydrogen-bond donors (Lipinski definition) is 1. The summed E-state index contributed by atoms with van der Waals surface area (Å²) in [5, 5.41) is 3.91. The molecule has 0 unspecified atom stereocenters. The first-order valence-electron chi connectivity index (χ1n) is 6.52. The Morgan fingerprint density at radius 3 is 2.55 bits per heavy atom. The van der Waals surface area contributed by atoms with Crippen molar-refractivity contribution in [3.8, 4) is 11.5 Å². The van der Waals surface area contributed by atoms with E-state index in [0.717, 1.165) is 14.9 Å². The number of halogens is 1. The van der Waals surface area contributed by atoms with E-state index in [1.165, 1.54) is 0 Å². The molecule has 2 aromatic carbocycles. The van der Waals surface area contributed by atoms with Crippen molar-refractivity contribution < 1.29 is 14.3 Å². The van der Waals surface area contributed by atoms with Crippen molar-refractivity contribution >= 4 is 34.7 Å². The van der Waals surface area contributed by atoms with Gasteiger partial charge in [0, 0.05) is 9.13 Å². The predicted molar refractivity (Wildman–Crippen MR) is 93.4 cm³/mol. The second-order valence-corrected chi connectivity index (χ2v) is 5.44. The maximum absolute atomic E-state index is 11.6. The van der Waals surface area contributed by atoms with Crippen LogP contribution in [0, 0.1) is 3.57 Å². The fraction of sp³-hybridized carbons (Fsp3) is 0.125. The minimum absolute atomic E-state index is 0.102. The Morgan fingerprint density at radius 1 is 1.18 bits per heavy atom. The number of carbonyl (C=O) groups is 1. The molecular weight excluding hydrogens is 395 g/mol. The zero-order valence-corrected chi connectivity index (χ0v) is 14.1. The number of hydrogen-bond acceptors (Lipinski definition) is 4. The minimum atomic E-state index is -0.321. The molecule has 0 aliphatic rings. The molecule has 0 fully saturated rings. The van der Waals surface area contributed by atoms with Crippen LogP contribution in [0.15, 0.2) is 53.6 Å². The normalized spacial score (nSPS) is 10.5. The number of nitrogens with one attached hydrogen (secondary N) is 1. The van der Waals surface area contributed by atoms with E-state index in [-0.39, 0.29) is 12.5 Å². The van der Waals surface area contributed by atoms with E-state index in [1.54, 1.807) is 37.6 Å². The molecule has 6 heteroatoms. The fourth-order valence-corrected chi connectivity index (χ4v) is 2.13. The Hall–Kier alpha value is -2.09. The van der Waals surface area contributed by atoms with Gasteiger partial charge in [-0.2, -0.15) is 5.10 Å². The van der Waals surface area contributed by atoms with Crippen LogP contribution in [0.25, 0.3) is 0 Å². The third-order valence-corrected chi connectivity index (χ3v) is 3.71. The molecule has 0 atom stereocenters. The number of hydrazone groups is 1. The Labute approximate surface area is 142 Å². The lowest BCUT2D eigenvalue weighted by molar-refractivity contribution is -0.123. The van der Waals surface area contributed by atoms with Crippen LogP contribution >= 0.6 is 22.6 Å². The lowest BCUT2D eigenvalue weighted by Gasteiger charge is -2.06. The molecule has 0 heterocycles. The summed E-state index contributed by atoms with van der Waals surface area (Å²) in [5.41, 5.74) is 3.37. The van der Waals surface area contributed by atoms with E-state index in [0.29, 0.717) is 5.75 Å². The molecule has 5 nitrogen and oxygen atoms in total. The van der Waals surface area contributed by atoms with Crippen molar-refractivity contribution in [1.29, 1.82) is 0 Å². The molecule has 0 aromatic heterocycles. The molecule has 2 aromatic rings. The van der Waals surface area contributed by atoms with Gasteiger partial charge >= 0.3 is 0 Å². The van der Waals surface area contributed by atoms with Crippen molar-refractivity contribution in [2.45, 2.75) is 0 Å². The van der Waals surface area contributed by atoms with Gasteiger partial charge in [-0.3, -0.25) is 4.79 Å². The van der Waals surface area contributed by atoms with Crippen LogP contribution < -0.4 is 14.9 Å². The molecule has 1 amide bonds. The highest BCUT2D eigenvalue weighted by molar-refractivity contribution is 14.1. The first-order chi connectivity index (χ1) is 10.7. The Bertz CT molecular complexity index is 657. The van der Waals surface area contributed by atoms with Gasteiger partial charge in [0.25, 0.3) is 5.91 Å². The average molecular weight is 410 g/mol. The number of rotatable bonds is 6. The summed E-state index contributed by atoms with van der Waals surface area (Å²) in [4.78, 5) is 11.6. The van der Waals surface area contributed by atoms with E-state index in [1.807, 2.05) is 24.3 Å². The summed E-state index contributed by atoms with van der Waals surface area (Å²) >= 11 is 2.21. The Kier molecular flexibility index (Phi) is 6.20.